The minimum absolute atomic E-state index is 0.138. The van der Waals surface area contributed by atoms with Crippen LogP contribution >= 0.6 is 0 Å². The lowest BCUT2D eigenvalue weighted by molar-refractivity contribution is -0.118. The number of aryl methyl sites for hydroxylation is 1. The molecule has 3 rings (SSSR count). The highest BCUT2D eigenvalue weighted by molar-refractivity contribution is 5.95. The Bertz CT molecular complexity index is 747. The Morgan fingerprint density at radius 3 is 2.36 bits per heavy atom. The SMILES string of the molecule is COc1cc(CCC(=O)N2CCc3ccccc32)cc(OC)c1OC. The number of fused-ring (bicyclic) bond motifs is 1. The number of rotatable bonds is 6. The number of hydrogen-bond donors (Lipinski definition) is 0. The van der Waals surface area contributed by atoms with Crippen molar-refractivity contribution in [3.63, 3.8) is 0 Å². The molecule has 1 aliphatic rings. The van der Waals surface area contributed by atoms with E-state index in [0.29, 0.717) is 30.1 Å². The predicted molar refractivity (Wildman–Crippen MR) is 96.9 cm³/mol. The van der Waals surface area contributed by atoms with Crippen LogP contribution in [0.25, 0.3) is 0 Å². The van der Waals surface area contributed by atoms with Gasteiger partial charge in [-0.15, -0.1) is 0 Å². The molecule has 0 spiro atoms. The Labute approximate surface area is 148 Å². The summed E-state index contributed by atoms with van der Waals surface area (Å²) in [5.41, 5.74) is 3.26. The molecule has 25 heavy (non-hydrogen) atoms. The first-order valence-electron chi connectivity index (χ1n) is 8.35. The summed E-state index contributed by atoms with van der Waals surface area (Å²) in [4.78, 5) is 14.5. The maximum absolute atomic E-state index is 12.7. The van der Waals surface area contributed by atoms with Crippen molar-refractivity contribution in [1.29, 1.82) is 0 Å². The molecule has 5 heteroatoms. The fourth-order valence-corrected chi connectivity index (χ4v) is 3.26. The summed E-state index contributed by atoms with van der Waals surface area (Å²) < 4.78 is 16.1. The van der Waals surface area contributed by atoms with Gasteiger partial charge in [0.1, 0.15) is 0 Å². The van der Waals surface area contributed by atoms with Crippen LogP contribution in [-0.4, -0.2) is 33.8 Å². The second kappa shape index (κ2) is 7.47. The third-order valence-electron chi connectivity index (χ3n) is 4.54. The Morgan fingerprint density at radius 2 is 1.72 bits per heavy atom. The van der Waals surface area contributed by atoms with Crippen molar-refractivity contribution in [2.24, 2.45) is 0 Å². The Balaban J connectivity index is 1.73. The number of ether oxygens (including phenoxy) is 3. The van der Waals surface area contributed by atoms with Crippen LogP contribution < -0.4 is 19.1 Å². The van der Waals surface area contributed by atoms with Gasteiger partial charge in [-0.2, -0.15) is 0 Å². The first-order valence-corrected chi connectivity index (χ1v) is 8.35. The molecule has 0 aromatic heterocycles. The lowest BCUT2D eigenvalue weighted by Gasteiger charge is -2.18. The molecule has 1 amide bonds. The molecule has 0 aliphatic carbocycles. The van der Waals surface area contributed by atoms with E-state index in [1.165, 1.54) is 5.56 Å². The van der Waals surface area contributed by atoms with E-state index in [1.807, 2.05) is 35.2 Å². The van der Waals surface area contributed by atoms with Gasteiger partial charge in [0.05, 0.1) is 21.3 Å². The molecular formula is C20H23NO4. The van der Waals surface area contributed by atoms with Gasteiger partial charge in [0.15, 0.2) is 11.5 Å². The summed E-state index contributed by atoms with van der Waals surface area (Å²) in [6.45, 7) is 0.757. The number of anilines is 1. The van der Waals surface area contributed by atoms with Crippen molar-refractivity contribution in [2.75, 3.05) is 32.8 Å². The molecular weight excluding hydrogens is 318 g/mol. The molecule has 0 fully saturated rings. The van der Waals surface area contributed by atoms with Crippen molar-refractivity contribution in [3.8, 4) is 17.2 Å². The average molecular weight is 341 g/mol. The minimum Gasteiger partial charge on any atom is -0.493 e. The van der Waals surface area contributed by atoms with E-state index in [2.05, 4.69) is 6.07 Å². The number of carbonyl (C=O) groups excluding carboxylic acids is 1. The second-order valence-electron chi connectivity index (χ2n) is 5.96. The van der Waals surface area contributed by atoms with Crippen LogP contribution in [0.3, 0.4) is 0 Å². The van der Waals surface area contributed by atoms with Crippen molar-refractivity contribution < 1.29 is 19.0 Å². The number of benzene rings is 2. The molecule has 2 aromatic carbocycles. The van der Waals surface area contributed by atoms with Crippen LogP contribution in [-0.2, 0) is 17.6 Å². The molecule has 0 saturated heterocycles. The van der Waals surface area contributed by atoms with E-state index in [9.17, 15) is 4.79 Å². The number of nitrogens with zero attached hydrogens (tertiary/aromatic N) is 1. The largest absolute Gasteiger partial charge is 0.493 e. The molecule has 132 valence electrons. The van der Waals surface area contributed by atoms with Crippen molar-refractivity contribution in [3.05, 3.63) is 47.5 Å². The van der Waals surface area contributed by atoms with Crippen molar-refractivity contribution >= 4 is 11.6 Å². The molecule has 0 unspecified atom stereocenters. The monoisotopic (exact) mass is 341 g/mol. The summed E-state index contributed by atoms with van der Waals surface area (Å²) in [5.74, 6) is 1.92. The lowest BCUT2D eigenvalue weighted by atomic mass is 10.1. The minimum atomic E-state index is 0.138. The normalized spacial score (nSPS) is 12.7. The Kier molecular flexibility index (Phi) is 5.12. The maximum Gasteiger partial charge on any atom is 0.227 e. The van der Waals surface area contributed by atoms with Crippen LogP contribution in [0.1, 0.15) is 17.5 Å². The fourth-order valence-electron chi connectivity index (χ4n) is 3.26. The molecule has 2 aromatic rings. The summed E-state index contributed by atoms with van der Waals surface area (Å²) in [5, 5.41) is 0. The number of methoxy groups -OCH3 is 3. The summed E-state index contributed by atoms with van der Waals surface area (Å²) in [6.07, 6.45) is 1.98. The molecule has 0 bridgehead atoms. The van der Waals surface area contributed by atoms with Crippen LogP contribution in [0.5, 0.6) is 17.2 Å². The van der Waals surface area contributed by atoms with E-state index in [0.717, 1.165) is 24.2 Å². The summed E-state index contributed by atoms with van der Waals surface area (Å²) in [6, 6.07) is 11.9. The summed E-state index contributed by atoms with van der Waals surface area (Å²) in [7, 11) is 4.76. The number of para-hydroxylation sites is 1. The van der Waals surface area contributed by atoms with Gasteiger partial charge in [-0.3, -0.25) is 4.79 Å². The predicted octanol–water partition coefficient (Wildman–Crippen LogP) is 3.23. The molecule has 0 saturated carbocycles. The van der Waals surface area contributed by atoms with Gasteiger partial charge in [-0.25, -0.2) is 0 Å². The van der Waals surface area contributed by atoms with Gasteiger partial charge in [-0.05, 0) is 42.2 Å². The van der Waals surface area contributed by atoms with Gasteiger partial charge < -0.3 is 19.1 Å². The van der Waals surface area contributed by atoms with Gasteiger partial charge in [0.2, 0.25) is 11.7 Å². The standard InChI is InChI=1S/C20H23NO4/c1-23-17-12-14(13-18(24-2)20(17)25-3)8-9-19(22)21-11-10-15-6-4-5-7-16(15)21/h4-7,12-13H,8-11H2,1-3H3. The quantitative estimate of drug-likeness (QED) is 0.809. The van der Waals surface area contributed by atoms with E-state index in [1.54, 1.807) is 21.3 Å². The topological polar surface area (TPSA) is 48.0 Å². The zero-order valence-electron chi connectivity index (χ0n) is 14.9. The van der Waals surface area contributed by atoms with Gasteiger partial charge in [-0.1, -0.05) is 18.2 Å². The Hall–Kier alpha value is -2.69. The average Bonchev–Trinajstić information content (AvgIpc) is 3.09. The number of amides is 1. The van der Waals surface area contributed by atoms with E-state index in [-0.39, 0.29) is 5.91 Å². The van der Waals surface area contributed by atoms with Crippen molar-refractivity contribution in [1.82, 2.24) is 0 Å². The first kappa shape index (κ1) is 17.1. The van der Waals surface area contributed by atoms with Crippen LogP contribution in [0.15, 0.2) is 36.4 Å². The molecule has 0 radical (unpaired) electrons. The van der Waals surface area contributed by atoms with Crippen LogP contribution in [0.4, 0.5) is 5.69 Å². The van der Waals surface area contributed by atoms with E-state index >= 15 is 0 Å². The molecule has 0 atom stereocenters. The van der Waals surface area contributed by atoms with E-state index in [4.69, 9.17) is 14.2 Å². The summed E-state index contributed by atoms with van der Waals surface area (Å²) >= 11 is 0. The zero-order valence-corrected chi connectivity index (χ0v) is 14.9. The highest BCUT2D eigenvalue weighted by atomic mass is 16.5. The van der Waals surface area contributed by atoms with Gasteiger partial charge in [0.25, 0.3) is 0 Å². The third-order valence-corrected chi connectivity index (χ3v) is 4.54. The molecule has 1 heterocycles. The number of hydrogen-bond acceptors (Lipinski definition) is 4. The Morgan fingerprint density at radius 1 is 1.04 bits per heavy atom. The fraction of sp³-hybridized carbons (Fsp3) is 0.350. The van der Waals surface area contributed by atoms with Crippen LogP contribution in [0.2, 0.25) is 0 Å². The van der Waals surface area contributed by atoms with Gasteiger partial charge >= 0.3 is 0 Å². The lowest BCUT2D eigenvalue weighted by Crippen LogP contribution is -2.29. The second-order valence-corrected chi connectivity index (χ2v) is 5.96. The zero-order chi connectivity index (χ0) is 17.8. The highest BCUT2D eigenvalue weighted by Crippen LogP contribution is 2.38. The smallest absolute Gasteiger partial charge is 0.227 e. The van der Waals surface area contributed by atoms with Gasteiger partial charge in [0, 0.05) is 18.7 Å². The number of carbonyl (C=O) groups is 1. The molecule has 0 N–H and O–H groups in total. The van der Waals surface area contributed by atoms with Crippen molar-refractivity contribution in [2.45, 2.75) is 19.3 Å². The van der Waals surface area contributed by atoms with Crippen LogP contribution in [0, 0.1) is 0 Å². The first-order chi connectivity index (χ1) is 12.2. The molecule has 1 aliphatic heterocycles. The maximum atomic E-state index is 12.7. The highest BCUT2D eigenvalue weighted by Gasteiger charge is 2.24. The molecule has 5 nitrogen and oxygen atoms in total. The van der Waals surface area contributed by atoms with E-state index < -0.39 is 0 Å². The third kappa shape index (κ3) is 3.40.